The molecule has 1 aliphatic rings. The number of carbonyl (C=O) groups is 1. The fourth-order valence-corrected chi connectivity index (χ4v) is 2.66. The summed E-state index contributed by atoms with van der Waals surface area (Å²) in [7, 11) is 0. The summed E-state index contributed by atoms with van der Waals surface area (Å²) in [6, 6.07) is 1.64. The third-order valence-corrected chi connectivity index (χ3v) is 4.07. The number of piperidine rings is 1. The molecule has 1 saturated heterocycles. The van der Waals surface area contributed by atoms with Gasteiger partial charge in [0.15, 0.2) is 5.69 Å². The minimum atomic E-state index is -0.185. The highest BCUT2D eigenvalue weighted by Gasteiger charge is 2.23. The van der Waals surface area contributed by atoms with Crippen molar-refractivity contribution in [3.63, 3.8) is 0 Å². The van der Waals surface area contributed by atoms with Gasteiger partial charge in [0.1, 0.15) is 5.76 Å². The first-order chi connectivity index (χ1) is 11.2. The fraction of sp³-hybridized carbons (Fsp3) is 0.600. The van der Waals surface area contributed by atoms with Gasteiger partial charge in [-0.25, -0.2) is 0 Å². The van der Waals surface area contributed by atoms with Crippen LogP contribution in [-0.4, -0.2) is 40.8 Å². The Balaban J connectivity index is 1.45. The first-order valence-electron chi connectivity index (χ1n) is 7.94. The highest BCUT2D eigenvalue weighted by molar-refractivity contribution is 5.92. The number of hydrogen-bond acceptors (Lipinski definition) is 7. The molecule has 1 fully saturated rings. The largest absolute Gasteiger partial charge is 0.361 e. The number of nitrogens with one attached hydrogen (secondary N) is 1. The Morgan fingerprint density at radius 3 is 2.74 bits per heavy atom. The van der Waals surface area contributed by atoms with Crippen molar-refractivity contribution in [1.29, 1.82) is 0 Å². The van der Waals surface area contributed by atoms with Crippen molar-refractivity contribution in [3.8, 4) is 0 Å². The molecule has 0 radical (unpaired) electrons. The lowest BCUT2D eigenvalue weighted by Crippen LogP contribution is -2.39. The Bertz CT molecular complexity index is 658. The van der Waals surface area contributed by atoms with Crippen LogP contribution in [-0.2, 0) is 6.42 Å². The SMILES string of the molecule is CCc1nc(N2CCC(CNC(=O)c3cc(C)on3)CC2)no1. The van der Waals surface area contributed by atoms with Crippen LogP contribution in [0.2, 0.25) is 0 Å². The Kier molecular flexibility index (Phi) is 4.59. The number of carbonyl (C=O) groups excluding carboxylic acids is 1. The standard InChI is InChI=1S/C15H21N5O3/c1-3-13-17-15(19-23-13)20-6-4-11(5-7-20)9-16-14(21)12-8-10(2)22-18-12/h8,11H,3-7,9H2,1-2H3,(H,16,21). The molecule has 0 aromatic carbocycles. The second-order valence-electron chi connectivity index (χ2n) is 5.80. The van der Waals surface area contributed by atoms with E-state index in [1.165, 1.54) is 0 Å². The van der Waals surface area contributed by atoms with Gasteiger partial charge in [0.25, 0.3) is 11.9 Å². The van der Waals surface area contributed by atoms with Crippen molar-refractivity contribution in [2.24, 2.45) is 5.92 Å². The molecule has 0 atom stereocenters. The highest BCUT2D eigenvalue weighted by Crippen LogP contribution is 2.20. The van der Waals surface area contributed by atoms with Crippen LogP contribution in [0.5, 0.6) is 0 Å². The van der Waals surface area contributed by atoms with Gasteiger partial charge in [0.2, 0.25) is 5.89 Å². The second kappa shape index (κ2) is 6.80. The maximum atomic E-state index is 11.9. The van der Waals surface area contributed by atoms with Crippen molar-refractivity contribution in [1.82, 2.24) is 20.6 Å². The van der Waals surface area contributed by atoms with Crippen LogP contribution in [0.25, 0.3) is 0 Å². The van der Waals surface area contributed by atoms with Crippen molar-refractivity contribution in [2.45, 2.75) is 33.1 Å². The van der Waals surface area contributed by atoms with Crippen molar-refractivity contribution in [2.75, 3.05) is 24.5 Å². The molecular weight excluding hydrogens is 298 g/mol. The normalized spacial score (nSPS) is 15.8. The number of rotatable bonds is 5. The van der Waals surface area contributed by atoms with Gasteiger partial charge in [-0.3, -0.25) is 4.79 Å². The van der Waals surface area contributed by atoms with Crippen LogP contribution >= 0.6 is 0 Å². The highest BCUT2D eigenvalue weighted by atomic mass is 16.5. The maximum Gasteiger partial charge on any atom is 0.273 e. The molecule has 1 aliphatic heterocycles. The van der Waals surface area contributed by atoms with E-state index in [0.29, 0.717) is 35.8 Å². The predicted molar refractivity (Wildman–Crippen MR) is 82.2 cm³/mol. The number of amides is 1. The quantitative estimate of drug-likeness (QED) is 0.893. The van der Waals surface area contributed by atoms with E-state index in [-0.39, 0.29) is 5.91 Å². The smallest absolute Gasteiger partial charge is 0.273 e. The van der Waals surface area contributed by atoms with E-state index in [1.807, 2.05) is 6.92 Å². The summed E-state index contributed by atoms with van der Waals surface area (Å²) in [5.41, 5.74) is 0.332. The summed E-state index contributed by atoms with van der Waals surface area (Å²) in [5, 5.41) is 10.6. The summed E-state index contributed by atoms with van der Waals surface area (Å²) in [4.78, 5) is 18.4. The number of aryl methyl sites for hydroxylation is 2. The lowest BCUT2D eigenvalue weighted by atomic mass is 9.97. The predicted octanol–water partition coefficient (Wildman–Crippen LogP) is 1.57. The minimum Gasteiger partial charge on any atom is -0.361 e. The summed E-state index contributed by atoms with van der Waals surface area (Å²) >= 11 is 0. The average molecular weight is 319 g/mol. The van der Waals surface area contributed by atoms with E-state index in [0.717, 1.165) is 32.4 Å². The van der Waals surface area contributed by atoms with Gasteiger partial charge in [0, 0.05) is 32.1 Å². The molecule has 0 saturated carbocycles. The Hall–Kier alpha value is -2.38. The topological polar surface area (TPSA) is 97.3 Å². The second-order valence-corrected chi connectivity index (χ2v) is 5.80. The monoisotopic (exact) mass is 319 g/mol. The third-order valence-electron chi connectivity index (χ3n) is 4.07. The lowest BCUT2D eigenvalue weighted by Gasteiger charge is -2.30. The molecule has 0 spiro atoms. The summed E-state index contributed by atoms with van der Waals surface area (Å²) < 4.78 is 10.1. The molecule has 8 heteroatoms. The maximum absolute atomic E-state index is 11.9. The Morgan fingerprint density at radius 2 is 2.13 bits per heavy atom. The zero-order chi connectivity index (χ0) is 16.2. The number of hydrogen-bond donors (Lipinski definition) is 1. The fourth-order valence-electron chi connectivity index (χ4n) is 2.66. The van der Waals surface area contributed by atoms with E-state index >= 15 is 0 Å². The van der Waals surface area contributed by atoms with E-state index in [9.17, 15) is 4.79 Å². The van der Waals surface area contributed by atoms with E-state index in [1.54, 1.807) is 13.0 Å². The van der Waals surface area contributed by atoms with Crippen LogP contribution in [0.1, 0.15) is 41.9 Å². The zero-order valence-electron chi connectivity index (χ0n) is 13.4. The minimum absolute atomic E-state index is 0.185. The number of nitrogens with zero attached hydrogens (tertiary/aromatic N) is 4. The summed E-state index contributed by atoms with van der Waals surface area (Å²) in [6.07, 6.45) is 2.71. The molecule has 3 heterocycles. The first kappa shape index (κ1) is 15.5. The molecule has 0 bridgehead atoms. The number of aromatic nitrogens is 3. The van der Waals surface area contributed by atoms with E-state index in [2.05, 4.69) is 25.5 Å². The molecule has 3 rings (SSSR count). The molecule has 2 aromatic heterocycles. The van der Waals surface area contributed by atoms with Crippen molar-refractivity contribution >= 4 is 11.9 Å². The first-order valence-corrected chi connectivity index (χ1v) is 7.94. The lowest BCUT2D eigenvalue weighted by molar-refractivity contribution is 0.0935. The Labute approximate surface area is 134 Å². The van der Waals surface area contributed by atoms with Gasteiger partial charge in [0.05, 0.1) is 0 Å². The molecular formula is C15H21N5O3. The van der Waals surface area contributed by atoms with Gasteiger partial charge >= 0.3 is 0 Å². The van der Waals surface area contributed by atoms with Crippen LogP contribution < -0.4 is 10.2 Å². The van der Waals surface area contributed by atoms with Crippen LogP contribution in [0.4, 0.5) is 5.95 Å². The van der Waals surface area contributed by atoms with Crippen molar-refractivity contribution < 1.29 is 13.8 Å². The Morgan fingerprint density at radius 1 is 1.35 bits per heavy atom. The zero-order valence-corrected chi connectivity index (χ0v) is 13.4. The molecule has 23 heavy (non-hydrogen) atoms. The van der Waals surface area contributed by atoms with Crippen LogP contribution in [0.15, 0.2) is 15.1 Å². The molecule has 0 aliphatic carbocycles. The van der Waals surface area contributed by atoms with E-state index < -0.39 is 0 Å². The molecule has 1 amide bonds. The molecule has 2 aromatic rings. The average Bonchev–Trinajstić information content (AvgIpc) is 3.22. The molecule has 1 N–H and O–H groups in total. The van der Waals surface area contributed by atoms with Crippen LogP contribution in [0, 0.1) is 12.8 Å². The van der Waals surface area contributed by atoms with E-state index in [4.69, 9.17) is 9.05 Å². The molecule has 0 unspecified atom stereocenters. The molecule has 8 nitrogen and oxygen atoms in total. The van der Waals surface area contributed by atoms with Crippen LogP contribution in [0.3, 0.4) is 0 Å². The van der Waals surface area contributed by atoms with Gasteiger partial charge in [-0.05, 0) is 30.8 Å². The van der Waals surface area contributed by atoms with Gasteiger partial charge in [-0.1, -0.05) is 12.1 Å². The summed E-state index contributed by atoms with van der Waals surface area (Å²) in [5.74, 6) is 2.23. The van der Waals surface area contributed by atoms with Gasteiger partial charge < -0.3 is 19.3 Å². The van der Waals surface area contributed by atoms with Crippen molar-refractivity contribution in [3.05, 3.63) is 23.4 Å². The molecule has 124 valence electrons. The summed E-state index contributed by atoms with van der Waals surface area (Å²) in [6.45, 7) is 6.13. The van der Waals surface area contributed by atoms with Gasteiger partial charge in [-0.15, -0.1) is 0 Å². The third kappa shape index (κ3) is 3.69. The number of anilines is 1. The van der Waals surface area contributed by atoms with Gasteiger partial charge in [-0.2, -0.15) is 4.98 Å².